The first-order chi connectivity index (χ1) is 6.70. The Labute approximate surface area is 80.1 Å². The Morgan fingerprint density at radius 3 is 2.36 bits per heavy atom. The quantitative estimate of drug-likeness (QED) is 0.675. The molecule has 1 fully saturated rings. The molecule has 0 bridgehead atoms. The van der Waals surface area contributed by atoms with Crippen molar-refractivity contribution >= 4 is 11.6 Å². The van der Waals surface area contributed by atoms with Crippen molar-refractivity contribution in [1.29, 1.82) is 0 Å². The molecule has 1 aliphatic rings. The molecule has 0 saturated carbocycles. The van der Waals surface area contributed by atoms with Crippen molar-refractivity contribution in [3.63, 3.8) is 0 Å². The summed E-state index contributed by atoms with van der Waals surface area (Å²) in [4.78, 5) is 12.4. The Bertz CT molecular complexity index is 358. The van der Waals surface area contributed by atoms with Gasteiger partial charge in [0.2, 0.25) is 5.91 Å². The van der Waals surface area contributed by atoms with Gasteiger partial charge in [-0.25, -0.2) is 8.78 Å². The van der Waals surface area contributed by atoms with Crippen LogP contribution in [0.25, 0.3) is 0 Å². The minimum absolute atomic E-state index is 0.213. The maximum atomic E-state index is 13.2. The standard InChI is InChI=1S/C10H9F2NO/c11-7-3-1-4-8(12)10(7)13-6-2-5-9(13)14/h1,3-4H,2,5-6H2. The van der Waals surface area contributed by atoms with E-state index in [-0.39, 0.29) is 11.6 Å². The highest BCUT2D eigenvalue weighted by Gasteiger charge is 2.26. The summed E-state index contributed by atoms with van der Waals surface area (Å²) in [6.45, 7) is 0.399. The molecule has 0 spiro atoms. The Morgan fingerprint density at radius 2 is 1.86 bits per heavy atom. The molecule has 2 nitrogen and oxygen atoms in total. The van der Waals surface area contributed by atoms with Gasteiger partial charge in [-0.2, -0.15) is 0 Å². The van der Waals surface area contributed by atoms with E-state index in [0.29, 0.717) is 19.4 Å². The lowest BCUT2D eigenvalue weighted by atomic mass is 10.2. The molecule has 74 valence electrons. The molecule has 0 N–H and O–H groups in total. The van der Waals surface area contributed by atoms with Gasteiger partial charge in [0.1, 0.15) is 17.3 Å². The molecule has 0 radical (unpaired) electrons. The maximum Gasteiger partial charge on any atom is 0.227 e. The second kappa shape index (κ2) is 3.36. The molecule has 14 heavy (non-hydrogen) atoms. The predicted molar refractivity (Wildman–Crippen MR) is 47.9 cm³/mol. The zero-order valence-electron chi connectivity index (χ0n) is 7.46. The van der Waals surface area contributed by atoms with E-state index < -0.39 is 11.6 Å². The van der Waals surface area contributed by atoms with Crippen LogP contribution < -0.4 is 4.90 Å². The fourth-order valence-corrected chi connectivity index (χ4v) is 1.63. The minimum Gasteiger partial charge on any atom is -0.307 e. The van der Waals surface area contributed by atoms with Gasteiger partial charge >= 0.3 is 0 Å². The fourth-order valence-electron chi connectivity index (χ4n) is 1.63. The first-order valence-corrected chi connectivity index (χ1v) is 4.44. The zero-order chi connectivity index (χ0) is 10.1. The number of carbonyl (C=O) groups is 1. The third-order valence-electron chi connectivity index (χ3n) is 2.28. The molecule has 4 heteroatoms. The van der Waals surface area contributed by atoms with E-state index in [1.807, 2.05) is 0 Å². The minimum atomic E-state index is -0.680. The third kappa shape index (κ3) is 1.36. The van der Waals surface area contributed by atoms with Gasteiger partial charge < -0.3 is 4.90 Å². The normalized spacial score (nSPS) is 16.4. The number of amides is 1. The van der Waals surface area contributed by atoms with Crippen LogP contribution in [0.15, 0.2) is 18.2 Å². The number of para-hydroxylation sites is 1. The SMILES string of the molecule is O=C1CCCN1c1c(F)cccc1F. The maximum absolute atomic E-state index is 13.2. The van der Waals surface area contributed by atoms with Crippen molar-refractivity contribution < 1.29 is 13.6 Å². The topological polar surface area (TPSA) is 20.3 Å². The van der Waals surface area contributed by atoms with Gasteiger partial charge in [-0.05, 0) is 18.6 Å². The molecule has 0 unspecified atom stereocenters. The molecule has 1 aromatic rings. The summed E-state index contributed by atoms with van der Waals surface area (Å²) in [6, 6.07) is 3.60. The summed E-state index contributed by atoms with van der Waals surface area (Å²) < 4.78 is 26.5. The van der Waals surface area contributed by atoms with Crippen LogP contribution in [-0.2, 0) is 4.79 Å². The summed E-state index contributed by atoms with van der Waals surface area (Å²) in [7, 11) is 0. The van der Waals surface area contributed by atoms with Crippen LogP contribution in [0.2, 0.25) is 0 Å². The number of rotatable bonds is 1. The van der Waals surface area contributed by atoms with Crippen molar-refractivity contribution in [1.82, 2.24) is 0 Å². The molecule has 1 aliphatic heterocycles. The number of halogens is 2. The van der Waals surface area contributed by atoms with Crippen LogP contribution >= 0.6 is 0 Å². The fraction of sp³-hybridized carbons (Fsp3) is 0.300. The van der Waals surface area contributed by atoms with Crippen molar-refractivity contribution in [3.05, 3.63) is 29.8 Å². The van der Waals surface area contributed by atoms with Gasteiger partial charge in [0.05, 0.1) is 0 Å². The average molecular weight is 197 g/mol. The van der Waals surface area contributed by atoms with Crippen LogP contribution in [-0.4, -0.2) is 12.5 Å². The number of hydrogen-bond acceptors (Lipinski definition) is 1. The van der Waals surface area contributed by atoms with E-state index in [4.69, 9.17) is 0 Å². The Kier molecular flexibility index (Phi) is 2.19. The summed E-state index contributed by atoms with van der Waals surface area (Å²) in [5.41, 5.74) is -0.213. The van der Waals surface area contributed by atoms with E-state index in [9.17, 15) is 13.6 Å². The predicted octanol–water partition coefficient (Wildman–Crippen LogP) is 2.09. The summed E-state index contributed by atoms with van der Waals surface area (Å²) in [5, 5.41) is 0. The van der Waals surface area contributed by atoms with Gasteiger partial charge in [0.15, 0.2) is 0 Å². The number of anilines is 1. The smallest absolute Gasteiger partial charge is 0.227 e. The van der Waals surface area contributed by atoms with Crippen molar-refractivity contribution in [3.8, 4) is 0 Å². The lowest BCUT2D eigenvalue weighted by Gasteiger charge is -2.16. The molecule has 1 amide bonds. The lowest BCUT2D eigenvalue weighted by molar-refractivity contribution is -0.117. The Balaban J connectivity index is 2.44. The zero-order valence-corrected chi connectivity index (χ0v) is 7.46. The van der Waals surface area contributed by atoms with Gasteiger partial charge in [-0.15, -0.1) is 0 Å². The highest BCUT2D eigenvalue weighted by molar-refractivity contribution is 5.95. The molecule has 0 aliphatic carbocycles. The van der Waals surface area contributed by atoms with Gasteiger partial charge in [-0.3, -0.25) is 4.79 Å². The molecule has 1 heterocycles. The van der Waals surface area contributed by atoms with E-state index in [2.05, 4.69) is 0 Å². The molecule has 0 atom stereocenters. The average Bonchev–Trinajstić information content (AvgIpc) is 2.52. The van der Waals surface area contributed by atoms with Gasteiger partial charge in [-0.1, -0.05) is 6.07 Å². The first-order valence-electron chi connectivity index (χ1n) is 4.44. The largest absolute Gasteiger partial charge is 0.307 e. The number of hydrogen-bond donors (Lipinski definition) is 0. The number of carbonyl (C=O) groups excluding carboxylic acids is 1. The van der Waals surface area contributed by atoms with E-state index in [0.717, 1.165) is 12.1 Å². The Morgan fingerprint density at radius 1 is 1.21 bits per heavy atom. The van der Waals surface area contributed by atoms with Crippen LogP contribution in [0.3, 0.4) is 0 Å². The van der Waals surface area contributed by atoms with E-state index in [1.165, 1.54) is 11.0 Å². The first kappa shape index (κ1) is 9.12. The Hall–Kier alpha value is -1.45. The summed E-state index contributed by atoms with van der Waals surface area (Å²) in [6.07, 6.45) is 1.03. The van der Waals surface area contributed by atoms with Gasteiger partial charge in [0.25, 0.3) is 0 Å². The van der Waals surface area contributed by atoms with E-state index >= 15 is 0 Å². The molecular weight excluding hydrogens is 188 g/mol. The van der Waals surface area contributed by atoms with Crippen LogP contribution in [0.5, 0.6) is 0 Å². The molecule has 1 aromatic carbocycles. The number of nitrogens with zero attached hydrogens (tertiary/aromatic N) is 1. The molecule has 0 aromatic heterocycles. The molecule has 2 rings (SSSR count). The van der Waals surface area contributed by atoms with Crippen LogP contribution in [0.1, 0.15) is 12.8 Å². The lowest BCUT2D eigenvalue weighted by Crippen LogP contribution is -2.25. The highest BCUT2D eigenvalue weighted by atomic mass is 19.1. The summed E-state index contributed by atoms with van der Waals surface area (Å²) in [5.74, 6) is -1.57. The van der Waals surface area contributed by atoms with Crippen LogP contribution in [0.4, 0.5) is 14.5 Å². The molecule has 1 saturated heterocycles. The molecular formula is C10H9F2NO. The third-order valence-corrected chi connectivity index (χ3v) is 2.28. The van der Waals surface area contributed by atoms with Crippen molar-refractivity contribution in [2.75, 3.05) is 11.4 Å². The summed E-state index contributed by atoms with van der Waals surface area (Å²) >= 11 is 0. The van der Waals surface area contributed by atoms with Crippen molar-refractivity contribution in [2.24, 2.45) is 0 Å². The monoisotopic (exact) mass is 197 g/mol. The second-order valence-corrected chi connectivity index (χ2v) is 3.22. The van der Waals surface area contributed by atoms with E-state index in [1.54, 1.807) is 0 Å². The van der Waals surface area contributed by atoms with Crippen LogP contribution in [0, 0.1) is 11.6 Å². The number of benzene rings is 1. The highest BCUT2D eigenvalue weighted by Crippen LogP contribution is 2.27. The van der Waals surface area contributed by atoms with Gasteiger partial charge in [0, 0.05) is 13.0 Å². The van der Waals surface area contributed by atoms with Crippen molar-refractivity contribution in [2.45, 2.75) is 12.8 Å². The second-order valence-electron chi connectivity index (χ2n) is 3.22.